The van der Waals surface area contributed by atoms with E-state index in [9.17, 15) is 18.0 Å². The fourth-order valence-electron chi connectivity index (χ4n) is 4.71. The molecule has 1 N–H and O–H groups in total. The second-order valence-electron chi connectivity index (χ2n) is 9.02. The minimum absolute atomic E-state index is 0. The molecule has 0 fully saturated rings. The lowest BCUT2D eigenvalue weighted by Crippen LogP contribution is -2.20. The van der Waals surface area contributed by atoms with Crippen molar-refractivity contribution < 1.29 is 23.8 Å². The first-order valence-electron chi connectivity index (χ1n) is 11.0. The van der Waals surface area contributed by atoms with Crippen molar-refractivity contribution in [2.45, 2.75) is 19.2 Å². The first-order valence-corrected chi connectivity index (χ1v) is 13.1. The smallest absolute Gasteiger partial charge is 0.338 e. The predicted octanol–water partition coefficient (Wildman–Crippen LogP) is 3.61. The van der Waals surface area contributed by atoms with Gasteiger partial charge in [-0.15, -0.1) is 0 Å². The number of nitrogens with one attached hydrogen (secondary N) is 1. The van der Waals surface area contributed by atoms with Crippen molar-refractivity contribution in [1.82, 2.24) is 14.5 Å². The van der Waals surface area contributed by atoms with Crippen LogP contribution in [0.15, 0.2) is 41.6 Å². The van der Waals surface area contributed by atoms with Gasteiger partial charge in [0.1, 0.15) is 5.52 Å². The molecule has 0 unspecified atom stereocenters. The van der Waals surface area contributed by atoms with Gasteiger partial charge in [-0.1, -0.05) is 0 Å². The molecule has 188 valence electrons. The Morgan fingerprint density at radius 1 is 1.28 bits per heavy atom. The molecule has 0 aliphatic carbocycles. The number of methoxy groups -OCH3 is 1. The minimum atomic E-state index is -3.53. The zero-order chi connectivity index (χ0) is 25.9. The van der Waals surface area contributed by atoms with Gasteiger partial charge in [-0.2, -0.15) is 0 Å². The number of H-pyrrole nitrogens is 1. The van der Waals surface area contributed by atoms with E-state index in [1.54, 1.807) is 37.3 Å². The van der Waals surface area contributed by atoms with E-state index in [1.165, 1.54) is 30.0 Å². The number of benzene rings is 1. The number of pyridine rings is 2. The Hall–Kier alpha value is -3.99. The maximum atomic E-state index is 15.2. The molecule has 36 heavy (non-hydrogen) atoms. The van der Waals surface area contributed by atoms with Crippen LogP contribution in [0.2, 0.25) is 0 Å². The SMILES string of the molecule is COC(=O)c1cc2c(cc1CS(C)(=O)=O)-c1cn(C)c(=O)c3[nH]cc(c13)CN2c1ncc(C)cc1F.[HH]. The first kappa shape index (κ1) is 23.7. The van der Waals surface area contributed by atoms with E-state index in [0.29, 0.717) is 33.3 Å². The molecule has 5 rings (SSSR count). The number of rotatable bonds is 4. The Bertz CT molecular complexity index is 1750. The first-order chi connectivity index (χ1) is 17.0. The van der Waals surface area contributed by atoms with Gasteiger partial charge in [-0.05, 0) is 41.8 Å². The lowest BCUT2D eigenvalue weighted by atomic mass is 9.96. The highest BCUT2D eigenvalue weighted by Crippen LogP contribution is 2.45. The number of carbonyl (C=O) groups is 1. The summed E-state index contributed by atoms with van der Waals surface area (Å²) < 4.78 is 46.1. The molecule has 1 aromatic carbocycles. The number of aromatic amines is 1. The Morgan fingerprint density at radius 3 is 2.69 bits per heavy atom. The summed E-state index contributed by atoms with van der Waals surface area (Å²) in [4.78, 5) is 34.5. The van der Waals surface area contributed by atoms with E-state index >= 15 is 4.39 Å². The number of nitrogens with zero attached hydrogens (tertiary/aromatic N) is 3. The summed E-state index contributed by atoms with van der Waals surface area (Å²) in [7, 11) is -0.704. The number of fused-ring (bicyclic) bond motifs is 2. The molecule has 0 atom stereocenters. The summed E-state index contributed by atoms with van der Waals surface area (Å²) in [5, 5.41) is 0.644. The summed E-state index contributed by atoms with van der Waals surface area (Å²) in [6.07, 6.45) is 5.97. The van der Waals surface area contributed by atoms with Crippen LogP contribution in [0, 0.1) is 12.7 Å². The second-order valence-corrected chi connectivity index (χ2v) is 11.2. The summed E-state index contributed by atoms with van der Waals surface area (Å²) in [5.74, 6) is -1.66. The quantitative estimate of drug-likeness (QED) is 0.416. The summed E-state index contributed by atoms with van der Waals surface area (Å²) in [6, 6.07) is 4.47. The Morgan fingerprint density at radius 2 is 2.03 bits per heavy atom. The van der Waals surface area contributed by atoms with Crippen LogP contribution in [0.5, 0.6) is 0 Å². The lowest BCUT2D eigenvalue weighted by Gasteiger charge is -2.26. The maximum Gasteiger partial charge on any atom is 0.338 e. The molecular formula is C25H25FN4O5S. The van der Waals surface area contributed by atoms with Gasteiger partial charge in [0.25, 0.3) is 5.56 Å². The van der Waals surface area contributed by atoms with Crippen molar-refractivity contribution in [1.29, 1.82) is 0 Å². The molecule has 0 saturated heterocycles. The van der Waals surface area contributed by atoms with Crippen LogP contribution in [0.3, 0.4) is 0 Å². The van der Waals surface area contributed by atoms with E-state index in [2.05, 4.69) is 9.97 Å². The van der Waals surface area contributed by atoms with E-state index in [1.807, 2.05) is 0 Å². The number of anilines is 2. The van der Waals surface area contributed by atoms with Crippen molar-refractivity contribution in [3.63, 3.8) is 0 Å². The third-order valence-electron chi connectivity index (χ3n) is 6.26. The number of esters is 1. The van der Waals surface area contributed by atoms with Crippen LogP contribution in [0.1, 0.15) is 28.5 Å². The predicted molar refractivity (Wildman–Crippen MR) is 136 cm³/mol. The molecule has 4 heterocycles. The van der Waals surface area contributed by atoms with Gasteiger partial charge in [0.15, 0.2) is 21.5 Å². The lowest BCUT2D eigenvalue weighted by molar-refractivity contribution is 0.0600. The molecule has 0 saturated carbocycles. The van der Waals surface area contributed by atoms with Crippen LogP contribution in [-0.2, 0) is 33.9 Å². The van der Waals surface area contributed by atoms with Gasteiger partial charge in [0.2, 0.25) is 0 Å². The number of carbonyl (C=O) groups excluding carboxylic acids is 1. The topological polar surface area (TPSA) is 114 Å². The fraction of sp³-hybridized carbons (Fsp3) is 0.240. The number of hydrogen-bond acceptors (Lipinski definition) is 7. The van der Waals surface area contributed by atoms with Crippen molar-refractivity contribution >= 4 is 38.2 Å². The molecule has 1 aliphatic heterocycles. The van der Waals surface area contributed by atoms with Crippen LogP contribution < -0.4 is 10.5 Å². The zero-order valence-corrected chi connectivity index (χ0v) is 20.9. The second kappa shape index (κ2) is 8.30. The standard InChI is InChI=1S/C25H23FN4O5S.H2/c1-13-5-19(26)23(28-8-13)30-10-15-9-27-22-21(15)18(11-29(2)24(22)31)17-6-14(12-36(4,33)34)16(7-20(17)30)25(32)35-3;/h5-9,11,27H,10,12H2,1-4H3;1H. The van der Waals surface area contributed by atoms with Crippen molar-refractivity contribution in [3.8, 4) is 11.1 Å². The van der Waals surface area contributed by atoms with Crippen molar-refractivity contribution in [3.05, 3.63) is 75.2 Å². The zero-order valence-electron chi connectivity index (χ0n) is 20.0. The minimum Gasteiger partial charge on any atom is -0.465 e. The molecule has 1 aliphatic rings. The molecule has 0 bridgehead atoms. The molecule has 9 nitrogen and oxygen atoms in total. The largest absolute Gasteiger partial charge is 0.465 e. The number of hydrogen-bond donors (Lipinski definition) is 1. The molecule has 11 heteroatoms. The number of aromatic nitrogens is 3. The van der Waals surface area contributed by atoms with Gasteiger partial charge in [0.05, 0.1) is 30.7 Å². The maximum absolute atomic E-state index is 15.2. The van der Waals surface area contributed by atoms with Crippen molar-refractivity contribution in [2.75, 3.05) is 18.3 Å². The van der Waals surface area contributed by atoms with E-state index in [-0.39, 0.29) is 30.5 Å². The van der Waals surface area contributed by atoms with Crippen LogP contribution >= 0.6 is 0 Å². The summed E-state index contributed by atoms with van der Waals surface area (Å²) >= 11 is 0. The number of sulfone groups is 1. The van der Waals surface area contributed by atoms with Gasteiger partial charge in [-0.3, -0.25) is 4.79 Å². The van der Waals surface area contributed by atoms with Gasteiger partial charge >= 0.3 is 5.97 Å². The fourth-order valence-corrected chi connectivity index (χ4v) is 5.51. The summed E-state index contributed by atoms with van der Waals surface area (Å²) in [5.41, 5.74) is 3.38. The molecule has 3 aromatic heterocycles. The highest BCUT2D eigenvalue weighted by atomic mass is 32.2. The molecule has 0 amide bonds. The molecule has 0 radical (unpaired) electrons. The van der Waals surface area contributed by atoms with E-state index in [0.717, 1.165) is 11.8 Å². The average Bonchev–Trinajstić information content (AvgIpc) is 3.17. The Kier molecular flexibility index (Phi) is 5.47. The van der Waals surface area contributed by atoms with Gasteiger partial charge in [-0.25, -0.2) is 22.6 Å². The number of ether oxygens (including phenoxy) is 1. The molecular weight excluding hydrogens is 487 g/mol. The van der Waals surface area contributed by atoms with Crippen LogP contribution in [0.25, 0.3) is 22.0 Å². The Labute approximate surface area is 207 Å². The van der Waals surface area contributed by atoms with Gasteiger partial charge < -0.3 is 19.2 Å². The number of halogens is 1. The highest BCUT2D eigenvalue weighted by molar-refractivity contribution is 7.89. The van der Waals surface area contributed by atoms with Gasteiger partial charge in [0, 0.05) is 49.8 Å². The van der Waals surface area contributed by atoms with Crippen molar-refractivity contribution in [2.24, 2.45) is 7.05 Å². The average molecular weight is 513 g/mol. The third-order valence-corrected chi connectivity index (χ3v) is 7.09. The van der Waals surface area contributed by atoms with Crippen LogP contribution in [0.4, 0.5) is 15.9 Å². The van der Waals surface area contributed by atoms with Crippen LogP contribution in [-0.4, -0.2) is 42.3 Å². The Balaban J connectivity index is 0.00000320. The highest BCUT2D eigenvalue weighted by Gasteiger charge is 2.30. The normalized spacial score (nSPS) is 13.0. The third kappa shape index (κ3) is 3.85. The summed E-state index contributed by atoms with van der Waals surface area (Å²) in [6.45, 7) is 1.87. The number of aryl methyl sites for hydroxylation is 2. The van der Waals surface area contributed by atoms with E-state index < -0.39 is 27.4 Å². The monoisotopic (exact) mass is 512 g/mol. The molecule has 0 spiro atoms. The molecule has 4 aromatic rings. The van der Waals surface area contributed by atoms with E-state index in [4.69, 9.17) is 4.74 Å².